The molecule has 0 aliphatic rings. The minimum absolute atomic E-state index is 0. The minimum atomic E-state index is -0.197. The molecule has 4 nitrogen and oxygen atoms in total. The largest absolute Gasteiger partial charge is 0.607 e. The van der Waals surface area contributed by atoms with Crippen molar-refractivity contribution in [3.63, 3.8) is 0 Å². The summed E-state index contributed by atoms with van der Waals surface area (Å²) in [6, 6.07) is 0. The third-order valence-corrected chi connectivity index (χ3v) is 0.536. The molecule has 0 aliphatic carbocycles. The molecule has 0 aromatic heterocycles. The molecule has 0 bridgehead atoms. The molecular formula is C8H10CoO4Y2-2. The molecule has 0 saturated heterocycles. The summed E-state index contributed by atoms with van der Waals surface area (Å²) in [5.41, 5.74) is 0. The molecule has 0 spiro atoms. The number of ketones is 2. The van der Waals surface area contributed by atoms with Crippen LogP contribution in [0.15, 0.2) is 12.2 Å². The molecule has 0 aromatic carbocycles. The van der Waals surface area contributed by atoms with E-state index in [1.54, 1.807) is 12.5 Å². The molecule has 83 valence electrons. The van der Waals surface area contributed by atoms with Crippen LogP contribution in [0.3, 0.4) is 0 Å². The Kier molecular flexibility index (Phi) is 48.5. The maximum atomic E-state index is 9.77. The van der Waals surface area contributed by atoms with Gasteiger partial charge in [0.15, 0.2) is 0 Å². The van der Waals surface area contributed by atoms with E-state index < -0.39 is 0 Å². The molecule has 0 aromatic rings. The number of allylic oxidation sites excluding steroid dienone is 2. The Labute approximate surface area is 150 Å². The minimum Gasteiger partial charge on any atom is -0.607 e. The van der Waals surface area contributed by atoms with Crippen molar-refractivity contribution in [2.75, 3.05) is 0 Å². The smallest absolute Gasteiger partial charge is 0.000524 e. The van der Waals surface area contributed by atoms with Gasteiger partial charge in [-0.25, -0.2) is 0 Å². The second-order valence-corrected chi connectivity index (χ2v) is 1.77. The van der Waals surface area contributed by atoms with Gasteiger partial charge in [-0.1, -0.05) is 26.4 Å². The fourth-order valence-corrected chi connectivity index (χ4v) is 0.182. The molecule has 15 heavy (non-hydrogen) atoms. The molecule has 0 fully saturated rings. The first-order valence-corrected chi connectivity index (χ1v) is 3.01. The maximum Gasteiger partial charge on any atom is 0.000524 e. The summed E-state index contributed by atoms with van der Waals surface area (Å²) in [7, 11) is 0. The Morgan fingerprint density at radius 1 is 0.933 bits per heavy atom. The zero-order valence-corrected chi connectivity index (χ0v) is 15.1. The van der Waals surface area contributed by atoms with E-state index in [4.69, 9.17) is 10.2 Å². The average molecular weight is 407 g/mol. The first-order valence-electron chi connectivity index (χ1n) is 3.01. The van der Waals surface area contributed by atoms with Gasteiger partial charge in [-0.2, -0.15) is 12.2 Å². The third-order valence-electron chi connectivity index (χ3n) is 0.536. The van der Waals surface area contributed by atoms with E-state index in [0.29, 0.717) is 0 Å². The Morgan fingerprint density at radius 2 is 1.13 bits per heavy atom. The normalized spacial score (nSPS) is 7.60. The van der Waals surface area contributed by atoms with Gasteiger partial charge in [0.1, 0.15) is 0 Å². The van der Waals surface area contributed by atoms with Gasteiger partial charge >= 0.3 is 0 Å². The molecule has 2 N–H and O–H groups in total. The van der Waals surface area contributed by atoms with Crippen LogP contribution in [0.25, 0.3) is 0 Å². The van der Waals surface area contributed by atoms with Crippen molar-refractivity contribution < 1.29 is 102 Å². The summed E-state index contributed by atoms with van der Waals surface area (Å²) in [5, 5.41) is 15.4. The van der Waals surface area contributed by atoms with Gasteiger partial charge in [0, 0.05) is 93.8 Å². The Bertz CT molecular complexity index is 183. The zero-order chi connectivity index (χ0) is 9.98. The van der Waals surface area contributed by atoms with Crippen LogP contribution in [0.4, 0.5) is 0 Å². The monoisotopic (exact) mass is 407 g/mol. The van der Waals surface area contributed by atoms with Gasteiger partial charge in [0.05, 0.1) is 0 Å². The summed E-state index contributed by atoms with van der Waals surface area (Å²) in [6.45, 7) is 2.67. The SMILES string of the molecule is CC(=O)C=[C-]O.CC(=O)C=[C-]O.[Co].[Y].[Y]. The van der Waals surface area contributed by atoms with Crippen LogP contribution in [0.1, 0.15) is 13.8 Å². The van der Waals surface area contributed by atoms with E-state index in [-0.39, 0.29) is 93.8 Å². The fraction of sp³-hybridized carbons (Fsp3) is 0.250. The average Bonchev–Trinajstić information content (AvgIpc) is 1.87. The third kappa shape index (κ3) is 51.3. The number of carbonyl (C=O) groups is 2. The summed E-state index contributed by atoms with van der Waals surface area (Å²) in [4.78, 5) is 19.5. The van der Waals surface area contributed by atoms with E-state index >= 15 is 0 Å². The number of carbonyl (C=O) groups excluding carboxylic acids is 2. The molecular weight excluding hydrogens is 397 g/mol. The summed E-state index contributed by atoms with van der Waals surface area (Å²) in [5.74, 6) is -0.394. The summed E-state index contributed by atoms with van der Waals surface area (Å²) >= 11 is 0. The Morgan fingerprint density at radius 3 is 1.13 bits per heavy atom. The maximum absolute atomic E-state index is 9.77. The second-order valence-electron chi connectivity index (χ2n) is 1.77. The van der Waals surface area contributed by atoms with Crippen molar-refractivity contribution in [1.82, 2.24) is 0 Å². The fourth-order valence-electron chi connectivity index (χ4n) is 0.182. The molecule has 0 atom stereocenters. The van der Waals surface area contributed by atoms with Crippen molar-refractivity contribution in [3.05, 3.63) is 24.7 Å². The van der Waals surface area contributed by atoms with Gasteiger partial charge in [-0.3, -0.25) is 0 Å². The molecule has 0 unspecified atom stereocenters. The Hall–Kier alpha value is 1.13. The van der Waals surface area contributed by atoms with Crippen LogP contribution in [0.5, 0.6) is 0 Å². The summed E-state index contributed by atoms with van der Waals surface area (Å²) in [6.07, 6.45) is 5.10. The molecule has 7 heteroatoms. The van der Waals surface area contributed by atoms with Crippen LogP contribution in [-0.4, -0.2) is 21.8 Å². The number of hydrogen-bond acceptors (Lipinski definition) is 4. The van der Waals surface area contributed by atoms with Crippen LogP contribution in [0.2, 0.25) is 0 Å². The van der Waals surface area contributed by atoms with Crippen LogP contribution < -0.4 is 0 Å². The number of rotatable bonds is 2. The van der Waals surface area contributed by atoms with Gasteiger partial charge in [-0.15, -0.1) is 0 Å². The van der Waals surface area contributed by atoms with Crippen molar-refractivity contribution >= 4 is 11.6 Å². The molecule has 0 aliphatic heterocycles. The predicted molar refractivity (Wildman–Crippen MR) is 42.2 cm³/mol. The van der Waals surface area contributed by atoms with Crippen molar-refractivity contribution in [2.45, 2.75) is 13.8 Å². The van der Waals surface area contributed by atoms with Gasteiger partial charge in [0.2, 0.25) is 0 Å². The van der Waals surface area contributed by atoms with Gasteiger partial charge < -0.3 is 19.8 Å². The predicted octanol–water partition coefficient (Wildman–Crippen LogP) is 0.893. The van der Waals surface area contributed by atoms with Crippen LogP contribution in [-0.2, 0) is 91.8 Å². The van der Waals surface area contributed by atoms with Crippen molar-refractivity contribution in [2.24, 2.45) is 0 Å². The molecule has 0 heterocycles. The van der Waals surface area contributed by atoms with Crippen molar-refractivity contribution in [3.8, 4) is 0 Å². The second kappa shape index (κ2) is 24.4. The van der Waals surface area contributed by atoms with Gasteiger partial charge in [0.25, 0.3) is 0 Å². The topological polar surface area (TPSA) is 74.6 Å². The zero-order valence-electron chi connectivity index (χ0n) is 8.35. The van der Waals surface area contributed by atoms with Crippen molar-refractivity contribution in [1.29, 1.82) is 0 Å². The Balaban J connectivity index is -0.0000000370. The molecule has 0 rings (SSSR count). The molecule has 3 radical (unpaired) electrons. The van der Waals surface area contributed by atoms with Crippen LogP contribution >= 0.6 is 0 Å². The molecule has 0 saturated carbocycles. The van der Waals surface area contributed by atoms with E-state index in [2.05, 4.69) is 0 Å². The first kappa shape index (κ1) is 29.8. The quantitative estimate of drug-likeness (QED) is 0.406. The standard InChI is InChI=1S/2C4H5O2.Co.2Y/c2*1-4(6)2-3-5;;;/h2*2,5H,1H3;;;/q2*-1;;;. The number of aliphatic hydroxyl groups is 2. The van der Waals surface area contributed by atoms with E-state index in [1.165, 1.54) is 13.8 Å². The number of aliphatic hydroxyl groups excluding tert-OH is 2. The van der Waals surface area contributed by atoms with Gasteiger partial charge in [-0.05, 0) is 0 Å². The van der Waals surface area contributed by atoms with E-state index in [1.807, 2.05) is 0 Å². The number of hydrogen-bond donors (Lipinski definition) is 2. The van der Waals surface area contributed by atoms with E-state index in [9.17, 15) is 9.59 Å². The van der Waals surface area contributed by atoms with E-state index in [0.717, 1.165) is 12.2 Å². The summed E-state index contributed by atoms with van der Waals surface area (Å²) < 4.78 is 0. The first-order chi connectivity index (χ1) is 5.54. The van der Waals surface area contributed by atoms with Crippen LogP contribution in [0, 0.1) is 12.5 Å². The molecule has 0 amide bonds.